The number of hydrogen-bond donors (Lipinski definition) is 3. The zero-order valence-corrected chi connectivity index (χ0v) is 19.0. The maximum atomic E-state index is 12.3. The van der Waals surface area contributed by atoms with E-state index in [0.29, 0.717) is 11.8 Å². The summed E-state index contributed by atoms with van der Waals surface area (Å²) in [6.45, 7) is 6.21. The van der Waals surface area contributed by atoms with Gasteiger partial charge in [0.05, 0.1) is 6.61 Å². The molecule has 1 aliphatic heterocycles. The maximum absolute atomic E-state index is 12.3. The monoisotopic (exact) mass is 452 g/mol. The Balaban J connectivity index is 1.52. The molecule has 2 aliphatic rings. The second-order valence-electron chi connectivity index (χ2n) is 9.35. The van der Waals surface area contributed by atoms with Crippen molar-refractivity contribution in [2.24, 2.45) is 17.8 Å². The summed E-state index contributed by atoms with van der Waals surface area (Å²) in [5.41, 5.74) is 0.863. The van der Waals surface area contributed by atoms with Gasteiger partial charge in [0.15, 0.2) is 6.29 Å². The van der Waals surface area contributed by atoms with Crippen molar-refractivity contribution in [1.29, 1.82) is 0 Å². The van der Waals surface area contributed by atoms with Gasteiger partial charge in [0.25, 0.3) is 0 Å². The first-order chi connectivity index (χ1) is 15.3. The minimum Gasteiger partial charge on any atom is -0.431 e. The van der Waals surface area contributed by atoms with Crippen molar-refractivity contribution in [2.45, 2.75) is 83.5 Å². The third kappa shape index (κ3) is 6.42. The molecule has 3 rings (SSSR count). The lowest BCUT2D eigenvalue weighted by Crippen LogP contribution is -2.59. The van der Waals surface area contributed by atoms with Crippen LogP contribution in [0.15, 0.2) is 30.3 Å². The zero-order valence-electron chi connectivity index (χ0n) is 19.0. The van der Waals surface area contributed by atoms with Gasteiger partial charge in [-0.2, -0.15) is 0 Å². The van der Waals surface area contributed by atoms with Crippen molar-refractivity contribution in [1.82, 2.24) is 0 Å². The van der Waals surface area contributed by atoms with Crippen LogP contribution in [0, 0.1) is 17.8 Å². The number of carbonyl (C=O) groups is 1. The van der Waals surface area contributed by atoms with E-state index >= 15 is 0 Å². The van der Waals surface area contributed by atoms with Crippen LogP contribution in [0.5, 0.6) is 0 Å². The SMILES string of the molecule is CC1CCC(C(C)C)C(OC(=O)OC[C@H]2O[C@@H](OCc3ccccc3)[C@H](O)[C@@H](O)[C@@H]2O)C1. The summed E-state index contributed by atoms with van der Waals surface area (Å²) in [6.07, 6.45) is -4.74. The van der Waals surface area contributed by atoms with Crippen LogP contribution in [0.2, 0.25) is 0 Å². The molecule has 0 bridgehead atoms. The van der Waals surface area contributed by atoms with Crippen molar-refractivity contribution in [3.05, 3.63) is 35.9 Å². The van der Waals surface area contributed by atoms with Gasteiger partial charge in [-0.25, -0.2) is 4.79 Å². The van der Waals surface area contributed by atoms with Crippen LogP contribution in [0.25, 0.3) is 0 Å². The van der Waals surface area contributed by atoms with Crippen molar-refractivity contribution in [2.75, 3.05) is 6.61 Å². The quantitative estimate of drug-likeness (QED) is 0.541. The summed E-state index contributed by atoms with van der Waals surface area (Å²) >= 11 is 0. The molecule has 3 N–H and O–H groups in total. The van der Waals surface area contributed by atoms with Crippen LogP contribution in [-0.4, -0.2) is 64.9 Å². The number of benzene rings is 1. The normalized spacial score (nSPS) is 35.5. The zero-order chi connectivity index (χ0) is 23.3. The van der Waals surface area contributed by atoms with Gasteiger partial charge in [0.2, 0.25) is 0 Å². The summed E-state index contributed by atoms with van der Waals surface area (Å²) in [4.78, 5) is 12.3. The molecular weight excluding hydrogens is 416 g/mol. The van der Waals surface area contributed by atoms with Crippen LogP contribution in [-0.2, 0) is 25.6 Å². The Labute approximate surface area is 189 Å². The minimum absolute atomic E-state index is 0.150. The van der Waals surface area contributed by atoms with Crippen molar-refractivity contribution >= 4 is 6.16 Å². The fraction of sp³-hybridized carbons (Fsp3) is 0.708. The van der Waals surface area contributed by atoms with E-state index in [2.05, 4.69) is 20.8 Å². The van der Waals surface area contributed by atoms with Gasteiger partial charge < -0.3 is 34.3 Å². The van der Waals surface area contributed by atoms with Crippen molar-refractivity contribution in [3.8, 4) is 0 Å². The molecule has 2 fully saturated rings. The summed E-state index contributed by atoms with van der Waals surface area (Å²) in [7, 11) is 0. The van der Waals surface area contributed by atoms with Crippen LogP contribution < -0.4 is 0 Å². The summed E-state index contributed by atoms with van der Waals surface area (Å²) < 4.78 is 22.0. The Bertz CT molecular complexity index is 711. The average molecular weight is 453 g/mol. The predicted octanol–water partition coefficient (Wildman–Crippen LogP) is 2.62. The molecular formula is C24H36O8. The van der Waals surface area contributed by atoms with Crippen molar-refractivity contribution < 1.29 is 39.1 Å². The maximum Gasteiger partial charge on any atom is 0.508 e. The highest BCUT2D eigenvalue weighted by Gasteiger charge is 2.45. The van der Waals surface area contributed by atoms with Gasteiger partial charge in [-0.05, 0) is 36.2 Å². The topological polar surface area (TPSA) is 115 Å². The van der Waals surface area contributed by atoms with E-state index in [-0.39, 0.29) is 25.2 Å². The fourth-order valence-corrected chi connectivity index (χ4v) is 4.50. The van der Waals surface area contributed by atoms with E-state index in [4.69, 9.17) is 18.9 Å². The third-order valence-electron chi connectivity index (χ3n) is 6.50. The van der Waals surface area contributed by atoms with Gasteiger partial charge in [0.1, 0.15) is 37.1 Å². The van der Waals surface area contributed by atoms with Gasteiger partial charge in [-0.3, -0.25) is 0 Å². The van der Waals surface area contributed by atoms with E-state index < -0.39 is 36.9 Å². The minimum atomic E-state index is -1.50. The molecule has 1 heterocycles. The van der Waals surface area contributed by atoms with Crippen LogP contribution in [0.4, 0.5) is 4.79 Å². The molecule has 180 valence electrons. The lowest BCUT2D eigenvalue weighted by atomic mass is 9.75. The highest BCUT2D eigenvalue weighted by atomic mass is 16.7. The number of aliphatic hydroxyl groups excluding tert-OH is 3. The van der Waals surface area contributed by atoms with Crippen LogP contribution in [0.1, 0.15) is 45.6 Å². The Kier molecular flexibility index (Phi) is 8.90. The second kappa shape index (κ2) is 11.4. The lowest BCUT2D eigenvalue weighted by molar-refractivity contribution is -0.304. The van der Waals surface area contributed by atoms with Gasteiger partial charge in [0, 0.05) is 0 Å². The summed E-state index contributed by atoms with van der Waals surface area (Å²) in [5, 5.41) is 30.7. The molecule has 0 amide bonds. The lowest BCUT2D eigenvalue weighted by Gasteiger charge is -2.40. The van der Waals surface area contributed by atoms with Gasteiger partial charge in [-0.1, -0.05) is 57.5 Å². The molecule has 8 nitrogen and oxygen atoms in total. The average Bonchev–Trinajstić information content (AvgIpc) is 2.77. The molecule has 1 saturated heterocycles. The first-order valence-electron chi connectivity index (χ1n) is 11.4. The number of aliphatic hydroxyl groups is 3. The number of hydrogen-bond acceptors (Lipinski definition) is 8. The first kappa shape index (κ1) is 24.9. The number of ether oxygens (including phenoxy) is 4. The molecule has 8 atom stereocenters. The fourth-order valence-electron chi connectivity index (χ4n) is 4.50. The van der Waals surface area contributed by atoms with E-state index in [1.807, 2.05) is 30.3 Å². The van der Waals surface area contributed by atoms with E-state index in [0.717, 1.165) is 24.8 Å². The Morgan fingerprint density at radius 2 is 1.81 bits per heavy atom. The smallest absolute Gasteiger partial charge is 0.431 e. The Morgan fingerprint density at radius 1 is 1.09 bits per heavy atom. The van der Waals surface area contributed by atoms with E-state index in [1.54, 1.807) is 0 Å². The Morgan fingerprint density at radius 3 is 2.50 bits per heavy atom. The molecule has 1 aromatic carbocycles. The first-order valence-corrected chi connectivity index (χ1v) is 11.4. The molecule has 32 heavy (non-hydrogen) atoms. The third-order valence-corrected chi connectivity index (χ3v) is 6.50. The van der Waals surface area contributed by atoms with Crippen LogP contribution in [0.3, 0.4) is 0 Å². The highest BCUT2D eigenvalue weighted by molar-refractivity contribution is 5.60. The standard InChI is InChI=1S/C24H36O8/c1-14(2)17-10-9-15(3)11-18(17)32-24(28)30-13-19-20(25)21(26)22(27)23(31-19)29-12-16-7-5-4-6-8-16/h4-8,14-15,17-23,25-27H,9-13H2,1-3H3/t15?,17?,18?,19-,20-,21+,22-,23-/m1/s1. The van der Waals surface area contributed by atoms with E-state index in [1.165, 1.54) is 0 Å². The van der Waals surface area contributed by atoms with Gasteiger partial charge in [-0.15, -0.1) is 0 Å². The molecule has 1 aliphatic carbocycles. The molecule has 3 unspecified atom stereocenters. The largest absolute Gasteiger partial charge is 0.508 e. The summed E-state index contributed by atoms with van der Waals surface area (Å²) in [6, 6.07) is 9.30. The highest BCUT2D eigenvalue weighted by Crippen LogP contribution is 2.35. The second-order valence-corrected chi connectivity index (χ2v) is 9.35. The molecule has 8 heteroatoms. The number of carbonyl (C=O) groups excluding carboxylic acids is 1. The van der Waals surface area contributed by atoms with Crippen LogP contribution >= 0.6 is 0 Å². The molecule has 1 aromatic rings. The molecule has 0 spiro atoms. The molecule has 0 aromatic heterocycles. The van der Waals surface area contributed by atoms with E-state index in [9.17, 15) is 20.1 Å². The number of rotatable bonds is 7. The molecule has 1 saturated carbocycles. The summed E-state index contributed by atoms with van der Waals surface area (Å²) in [5.74, 6) is 1.15. The predicted molar refractivity (Wildman–Crippen MR) is 115 cm³/mol. The Hall–Kier alpha value is -1.71. The van der Waals surface area contributed by atoms with Gasteiger partial charge >= 0.3 is 6.16 Å². The molecule has 0 radical (unpaired) electrons. The van der Waals surface area contributed by atoms with Crippen molar-refractivity contribution in [3.63, 3.8) is 0 Å².